The molecule has 2 atom stereocenters. The summed E-state index contributed by atoms with van der Waals surface area (Å²) < 4.78 is 4.87. The number of carboxylic acid groups (broad SMARTS) is 1. The van der Waals surface area contributed by atoms with Gasteiger partial charge in [-0.2, -0.15) is 0 Å². The lowest BCUT2D eigenvalue weighted by Gasteiger charge is -2.49. The largest absolute Gasteiger partial charge is 0.477 e. The molecule has 1 aromatic carbocycles. The Bertz CT molecular complexity index is 807. The van der Waals surface area contributed by atoms with Gasteiger partial charge in [-0.05, 0) is 12.1 Å². The van der Waals surface area contributed by atoms with E-state index in [0.717, 1.165) is 4.90 Å². The number of esters is 1. The average molecular weight is 376 g/mol. The maximum absolute atomic E-state index is 12.5. The minimum atomic E-state index is -1.27. The Hall–Kier alpha value is -2.81. The van der Waals surface area contributed by atoms with Crippen molar-refractivity contribution in [1.82, 2.24) is 10.2 Å². The number of β-lactam (4-membered cyclic amide) rings is 1. The van der Waals surface area contributed by atoms with Crippen molar-refractivity contribution < 1.29 is 29.0 Å². The van der Waals surface area contributed by atoms with Crippen LogP contribution in [-0.4, -0.2) is 57.5 Å². The summed E-state index contributed by atoms with van der Waals surface area (Å²) in [6.07, 6.45) is 0. The number of thioether (sulfide) groups is 1. The number of ether oxygens (including phenoxy) is 1. The van der Waals surface area contributed by atoms with Crippen LogP contribution >= 0.6 is 11.8 Å². The molecule has 0 aliphatic carbocycles. The Morgan fingerprint density at radius 1 is 1.31 bits per heavy atom. The zero-order valence-corrected chi connectivity index (χ0v) is 14.6. The highest BCUT2D eigenvalue weighted by atomic mass is 32.2. The number of rotatable bonds is 5. The Morgan fingerprint density at radius 2 is 2.00 bits per heavy atom. The first-order valence-electron chi connectivity index (χ1n) is 7.79. The van der Waals surface area contributed by atoms with Crippen LogP contribution in [0.25, 0.3) is 0 Å². The first-order valence-corrected chi connectivity index (χ1v) is 8.84. The number of aliphatic carboxylic acids is 1. The molecule has 2 N–H and O–H groups in total. The van der Waals surface area contributed by atoms with E-state index in [2.05, 4.69) is 5.32 Å². The van der Waals surface area contributed by atoms with Gasteiger partial charge in [0.1, 0.15) is 23.7 Å². The molecule has 1 aromatic rings. The number of benzene rings is 1. The SMILES string of the molecule is CC(=O)OCC1=C(C(=O)O)N2C(=O)C(NC(=O)c3ccccc3)C2SC1. The second-order valence-electron chi connectivity index (χ2n) is 5.76. The minimum absolute atomic E-state index is 0.176. The summed E-state index contributed by atoms with van der Waals surface area (Å²) >= 11 is 1.32. The van der Waals surface area contributed by atoms with E-state index in [9.17, 15) is 24.3 Å². The van der Waals surface area contributed by atoms with Gasteiger partial charge < -0.3 is 15.2 Å². The maximum Gasteiger partial charge on any atom is 0.352 e. The van der Waals surface area contributed by atoms with Crippen molar-refractivity contribution in [3.05, 3.63) is 47.2 Å². The molecule has 2 aliphatic rings. The number of nitrogens with one attached hydrogen (secondary N) is 1. The number of carbonyl (C=O) groups excluding carboxylic acids is 3. The van der Waals surface area contributed by atoms with Gasteiger partial charge in [-0.3, -0.25) is 19.3 Å². The number of hydrogen-bond donors (Lipinski definition) is 2. The van der Waals surface area contributed by atoms with E-state index < -0.39 is 35.2 Å². The molecule has 0 bridgehead atoms. The number of nitrogens with zero attached hydrogens (tertiary/aromatic N) is 1. The Morgan fingerprint density at radius 3 is 2.62 bits per heavy atom. The minimum Gasteiger partial charge on any atom is -0.477 e. The van der Waals surface area contributed by atoms with Gasteiger partial charge in [-0.15, -0.1) is 11.8 Å². The second-order valence-corrected chi connectivity index (χ2v) is 6.87. The van der Waals surface area contributed by atoms with E-state index in [1.165, 1.54) is 18.7 Å². The summed E-state index contributed by atoms with van der Waals surface area (Å²) in [4.78, 5) is 48.4. The molecular weight excluding hydrogens is 360 g/mol. The third-order valence-electron chi connectivity index (χ3n) is 4.02. The summed E-state index contributed by atoms with van der Waals surface area (Å²) in [5.41, 5.74) is 0.601. The van der Waals surface area contributed by atoms with E-state index in [4.69, 9.17) is 4.74 Å². The fourth-order valence-electron chi connectivity index (χ4n) is 2.80. The molecule has 2 heterocycles. The van der Waals surface area contributed by atoms with Crippen LogP contribution in [0.15, 0.2) is 41.6 Å². The van der Waals surface area contributed by atoms with E-state index in [1.807, 2.05) is 0 Å². The molecule has 0 saturated carbocycles. The quantitative estimate of drug-likeness (QED) is 0.571. The van der Waals surface area contributed by atoms with Crippen LogP contribution in [0, 0.1) is 0 Å². The molecule has 2 unspecified atom stereocenters. The van der Waals surface area contributed by atoms with Crippen LogP contribution in [0.3, 0.4) is 0 Å². The van der Waals surface area contributed by atoms with Crippen molar-refractivity contribution >= 4 is 35.5 Å². The maximum atomic E-state index is 12.5. The summed E-state index contributed by atoms with van der Waals surface area (Å²) in [5.74, 6) is -2.39. The van der Waals surface area contributed by atoms with E-state index >= 15 is 0 Å². The zero-order chi connectivity index (χ0) is 18.8. The molecule has 2 aliphatic heterocycles. The number of fused-ring (bicyclic) bond motifs is 1. The standard InChI is InChI=1S/C17H16N2O6S/c1-9(20)25-7-11-8-26-16-12(15(22)19(16)13(11)17(23)24)18-14(21)10-5-3-2-4-6-10/h2-6,12,16H,7-8H2,1H3,(H,18,21)(H,23,24). The Kier molecular flexibility index (Phi) is 4.99. The van der Waals surface area contributed by atoms with Crippen LogP contribution < -0.4 is 5.32 Å². The highest BCUT2D eigenvalue weighted by Crippen LogP contribution is 2.40. The van der Waals surface area contributed by atoms with Gasteiger partial charge in [0.25, 0.3) is 11.8 Å². The summed E-state index contributed by atoms with van der Waals surface area (Å²) in [6, 6.07) is 7.67. The molecule has 8 nitrogen and oxygen atoms in total. The van der Waals surface area contributed by atoms with Crippen molar-refractivity contribution in [3.63, 3.8) is 0 Å². The van der Waals surface area contributed by atoms with E-state index in [0.29, 0.717) is 16.9 Å². The third-order valence-corrected chi connectivity index (χ3v) is 5.36. The van der Waals surface area contributed by atoms with E-state index in [1.54, 1.807) is 30.3 Å². The van der Waals surface area contributed by atoms with Crippen molar-refractivity contribution in [2.75, 3.05) is 12.4 Å². The molecular formula is C17H16N2O6S. The fraction of sp³-hybridized carbons (Fsp3) is 0.294. The summed E-state index contributed by atoms with van der Waals surface area (Å²) in [5, 5.41) is 11.6. The highest BCUT2D eigenvalue weighted by molar-refractivity contribution is 8.00. The fourth-order valence-corrected chi connectivity index (χ4v) is 4.12. The molecule has 26 heavy (non-hydrogen) atoms. The molecule has 136 valence electrons. The Labute approximate surface area is 153 Å². The van der Waals surface area contributed by atoms with Crippen LogP contribution in [0.4, 0.5) is 0 Å². The van der Waals surface area contributed by atoms with Gasteiger partial charge in [0, 0.05) is 23.8 Å². The van der Waals surface area contributed by atoms with Crippen LogP contribution in [0.2, 0.25) is 0 Å². The van der Waals surface area contributed by atoms with Crippen LogP contribution in [0.5, 0.6) is 0 Å². The van der Waals surface area contributed by atoms with Gasteiger partial charge in [0.05, 0.1) is 0 Å². The summed E-state index contributed by atoms with van der Waals surface area (Å²) in [6.45, 7) is 1.05. The number of carbonyl (C=O) groups is 4. The van der Waals surface area contributed by atoms with Gasteiger partial charge >= 0.3 is 11.9 Å². The Balaban J connectivity index is 1.76. The van der Waals surface area contributed by atoms with Crippen molar-refractivity contribution in [3.8, 4) is 0 Å². The predicted octanol–water partition coefficient (Wildman–Crippen LogP) is 0.602. The monoisotopic (exact) mass is 376 g/mol. The van der Waals surface area contributed by atoms with Crippen LogP contribution in [0.1, 0.15) is 17.3 Å². The van der Waals surface area contributed by atoms with Gasteiger partial charge in [0.15, 0.2) is 0 Å². The zero-order valence-electron chi connectivity index (χ0n) is 13.8. The molecule has 1 fully saturated rings. The number of hydrogen-bond acceptors (Lipinski definition) is 6. The third kappa shape index (κ3) is 3.30. The lowest BCUT2D eigenvalue weighted by atomic mass is 10.0. The first-order chi connectivity index (χ1) is 12.4. The predicted molar refractivity (Wildman–Crippen MR) is 92.1 cm³/mol. The number of carboxylic acids is 1. The van der Waals surface area contributed by atoms with Crippen molar-refractivity contribution in [2.45, 2.75) is 18.3 Å². The van der Waals surface area contributed by atoms with E-state index in [-0.39, 0.29) is 12.3 Å². The average Bonchev–Trinajstić information content (AvgIpc) is 2.63. The first kappa shape index (κ1) is 18.0. The molecule has 0 aromatic heterocycles. The van der Waals surface area contributed by atoms with Gasteiger partial charge in [-0.1, -0.05) is 18.2 Å². The van der Waals surface area contributed by atoms with Crippen LogP contribution in [-0.2, 0) is 19.1 Å². The molecule has 0 spiro atoms. The molecule has 9 heteroatoms. The summed E-state index contributed by atoms with van der Waals surface area (Å²) in [7, 11) is 0. The molecule has 2 amide bonds. The lowest BCUT2D eigenvalue weighted by molar-refractivity contribution is -0.149. The molecule has 0 radical (unpaired) electrons. The highest BCUT2D eigenvalue weighted by Gasteiger charge is 2.54. The van der Waals surface area contributed by atoms with Crippen molar-refractivity contribution in [2.24, 2.45) is 0 Å². The second kappa shape index (κ2) is 7.20. The van der Waals surface area contributed by atoms with Crippen molar-refractivity contribution in [1.29, 1.82) is 0 Å². The number of amides is 2. The lowest BCUT2D eigenvalue weighted by Crippen LogP contribution is -2.70. The van der Waals surface area contributed by atoms with Gasteiger partial charge in [0.2, 0.25) is 0 Å². The molecule has 1 saturated heterocycles. The topological polar surface area (TPSA) is 113 Å². The van der Waals surface area contributed by atoms with Gasteiger partial charge in [-0.25, -0.2) is 4.79 Å². The molecule has 3 rings (SSSR count). The normalized spacial score (nSPS) is 21.6. The smallest absolute Gasteiger partial charge is 0.352 e.